The summed E-state index contributed by atoms with van der Waals surface area (Å²) in [5.41, 5.74) is 7.94. The van der Waals surface area contributed by atoms with Gasteiger partial charge in [-0.05, 0) is 18.1 Å². The molecule has 0 spiro atoms. The van der Waals surface area contributed by atoms with Gasteiger partial charge in [-0.3, -0.25) is 9.78 Å². The van der Waals surface area contributed by atoms with Gasteiger partial charge >= 0.3 is 0 Å². The molecule has 0 aliphatic heterocycles. The summed E-state index contributed by atoms with van der Waals surface area (Å²) < 4.78 is 0. The third kappa shape index (κ3) is 3.31. The molecule has 2 aromatic rings. The SMILES string of the molecule is Nc1cnccc1NC(=O)CCc1ccccc1. The summed E-state index contributed by atoms with van der Waals surface area (Å²) in [7, 11) is 0. The van der Waals surface area contributed by atoms with Gasteiger partial charge in [-0.15, -0.1) is 0 Å². The summed E-state index contributed by atoms with van der Waals surface area (Å²) in [5.74, 6) is -0.0447. The number of amides is 1. The first-order chi connectivity index (χ1) is 8.75. The van der Waals surface area contributed by atoms with Crippen LogP contribution in [-0.2, 0) is 11.2 Å². The van der Waals surface area contributed by atoms with Crippen LogP contribution in [0.5, 0.6) is 0 Å². The molecule has 0 radical (unpaired) electrons. The number of hydrogen-bond acceptors (Lipinski definition) is 3. The van der Waals surface area contributed by atoms with Gasteiger partial charge in [0, 0.05) is 12.6 Å². The number of nitrogens with one attached hydrogen (secondary N) is 1. The van der Waals surface area contributed by atoms with Crippen molar-refractivity contribution >= 4 is 17.3 Å². The minimum Gasteiger partial charge on any atom is -0.396 e. The van der Waals surface area contributed by atoms with Crippen molar-refractivity contribution in [2.24, 2.45) is 0 Å². The largest absolute Gasteiger partial charge is 0.396 e. The van der Waals surface area contributed by atoms with Crippen molar-refractivity contribution in [3.63, 3.8) is 0 Å². The summed E-state index contributed by atoms with van der Waals surface area (Å²) in [6.45, 7) is 0. The molecule has 1 amide bonds. The Morgan fingerprint density at radius 3 is 2.72 bits per heavy atom. The van der Waals surface area contributed by atoms with E-state index in [2.05, 4.69) is 10.3 Å². The van der Waals surface area contributed by atoms with Crippen molar-refractivity contribution in [2.75, 3.05) is 11.1 Å². The van der Waals surface area contributed by atoms with Crippen LogP contribution in [0.3, 0.4) is 0 Å². The summed E-state index contributed by atoms with van der Waals surface area (Å²) in [6, 6.07) is 11.6. The molecule has 0 aliphatic rings. The number of benzene rings is 1. The van der Waals surface area contributed by atoms with Crippen LogP contribution >= 0.6 is 0 Å². The molecular formula is C14H15N3O. The second-order valence-electron chi connectivity index (χ2n) is 4.00. The molecule has 92 valence electrons. The van der Waals surface area contributed by atoms with Crippen molar-refractivity contribution < 1.29 is 4.79 Å². The third-order valence-corrected chi connectivity index (χ3v) is 2.61. The van der Waals surface area contributed by atoms with Crippen LogP contribution in [0.25, 0.3) is 0 Å². The predicted molar refractivity (Wildman–Crippen MR) is 72.0 cm³/mol. The highest BCUT2D eigenvalue weighted by Gasteiger charge is 2.05. The van der Waals surface area contributed by atoms with E-state index in [1.807, 2.05) is 30.3 Å². The Bertz CT molecular complexity index is 526. The first kappa shape index (κ1) is 12.1. The topological polar surface area (TPSA) is 68.0 Å². The smallest absolute Gasteiger partial charge is 0.224 e. The molecule has 1 aromatic carbocycles. The van der Waals surface area contributed by atoms with Crippen molar-refractivity contribution in [3.8, 4) is 0 Å². The van der Waals surface area contributed by atoms with Crippen LogP contribution in [0.2, 0.25) is 0 Å². The molecule has 0 bridgehead atoms. The van der Waals surface area contributed by atoms with Gasteiger partial charge in [0.15, 0.2) is 0 Å². The van der Waals surface area contributed by atoms with Gasteiger partial charge in [-0.1, -0.05) is 30.3 Å². The molecule has 2 rings (SSSR count). The van der Waals surface area contributed by atoms with Crippen LogP contribution in [0.4, 0.5) is 11.4 Å². The maximum absolute atomic E-state index is 11.8. The lowest BCUT2D eigenvalue weighted by Gasteiger charge is -2.07. The number of anilines is 2. The fraction of sp³-hybridized carbons (Fsp3) is 0.143. The van der Waals surface area contributed by atoms with E-state index < -0.39 is 0 Å². The van der Waals surface area contributed by atoms with Crippen LogP contribution in [-0.4, -0.2) is 10.9 Å². The molecule has 1 aromatic heterocycles. The monoisotopic (exact) mass is 241 g/mol. The minimum absolute atomic E-state index is 0.0447. The molecule has 3 N–H and O–H groups in total. The maximum atomic E-state index is 11.8. The predicted octanol–water partition coefficient (Wildman–Crippen LogP) is 2.24. The molecule has 4 nitrogen and oxygen atoms in total. The number of carbonyl (C=O) groups is 1. The Kier molecular flexibility index (Phi) is 3.91. The van der Waals surface area contributed by atoms with E-state index in [0.717, 1.165) is 12.0 Å². The van der Waals surface area contributed by atoms with Gasteiger partial charge in [-0.25, -0.2) is 0 Å². The Balaban J connectivity index is 1.88. The molecule has 0 aliphatic carbocycles. The van der Waals surface area contributed by atoms with E-state index in [-0.39, 0.29) is 5.91 Å². The quantitative estimate of drug-likeness (QED) is 0.862. The van der Waals surface area contributed by atoms with Crippen molar-refractivity contribution in [2.45, 2.75) is 12.8 Å². The molecule has 1 heterocycles. The normalized spacial score (nSPS) is 10.0. The van der Waals surface area contributed by atoms with E-state index in [1.165, 1.54) is 6.20 Å². The summed E-state index contributed by atoms with van der Waals surface area (Å²) in [5, 5.41) is 2.78. The van der Waals surface area contributed by atoms with Gasteiger partial charge in [0.05, 0.1) is 17.6 Å². The zero-order valence-corrected chi connectivity index (χ0v) is 9.97. The average molecular weight is 241 g/mol. The van der Waals surface area contributed by atoms with E-state index in [9.17, 15) is 4.79 Å². The number of hydrogen-bond donors (Lipinski definition) is 2. The minimum atomic E-state index is -0.0447. The highest BCUT2D eigenvalue weighted by Crippen LogP contribution is 2.15. The molecule has 4 heteroatoms. The van der Waals surface area contributed by atoms with Crippen molar-refractivity contribution in [3.05, 3.63) is 54.4 Å². The highest BCUT2D eigenvalue weighted by molar-refractivity contribution is 5.93. The molecule has 0 fully saturated rings. The summed E-state index contributed by atoms with van der Waals surface area (Å²) in [6.07, 6.45) is 4.28. The number of pyridine rings is 1. The van der Waals surface area contributed by atoms with Crippen molar-refractivity contribution in [1.82, 2.24) is 4.98 Å². The molecule has 0 atom stereocenters. The second kappa shape index (κ2) is 5.82. The molecule has 0 saturated heterocycles. The van der Waals surface area contributed by atoms with Crippen LogP contribution < -0.4 is 11.1 Å². The van der Waals surface area contributed by atoms with Crippen molar-refractivity contribution in [1.29, 1.82) is 0 Å². The van der Waals surface area contributed by atoms with E-state index in [0.29, 0.717) is 17.8 Å². The zero-order valence-electron chi connectivity index (χ0n) is 9.97. The Labute approximate surface area is 106 Å². The highest BCUT2D eigenvalue weighted by atomic mass is 16.1. The first-order valence-corrected chi connectivity index (χ1v) is 5.79. The lowest BCUT2D eigenvalue weighted by molar-refractivity contribution is -0.116. The van der Waals surface area contributed by atoms with E-state index >= 15 is 0 Å². The fourth-order valence-electron chi connectivity index (χ4n) is 1.64. The summed E-state index contributed by atoms with van der Waals surface area (Å²) >= 11 is 0. The van der Waals surface area contributed by atoms with Gasteiger partial charge < -0.3 is 11.1 Å². The number of aromatic nitrogens is 1. The molecular weight excluding hydrogens is 226 g/mol. The Morgan fingerprint density at radius 2 is 2.00 bits per heavy atom. The first-order valence-electron chi connectivity index (χ1n) is 5.79. The maximum Gasteiger partial charge on any atom is 0.224 e. The van der Waals surface area contributed by atoms with Gasteiger partial charge in [0.2, 0.25) is 5.91 Å². The number of carbonyl (C=O) groups excluding carboxylic acids is 1. The summed E-state index contributed by atoms with van der Waals surface area (Å²) in [4.78, 5) is 15.6. The van der Waals surface area contributed by atoms with Gasteiger partial charge in [0.1, 0.15) is 0 Å². The lowest BCUT2D eigenvalue weighted by atomic mass is 10.1. The molecule has 18 heavy (non-hydrogen) atoms. The van der Waals surface area contributed by atoms with Crippen LogP contribution in [0, 0.1) is 0 Å². The fourth-order valence-corrected chi connectivity index (χ4v) is 1.64. The van der Waals surface area contributed by atoms with Gasteiger partial charge in [0.25, 0.3) is 0 Å². The second-order valence-corrected chi connectivity index (χ2v) is 4.00. The van der Waals surface area contributed by atoms with E-state index in [1.54, 1.807) is 12.3 Å². The number of nitrogens with zero attached hydrogens (tertiary/aromatic N) is 1. The molecule has 0 saturated carbocycles. The number of rotatable bonds is 4. The number of aryl methyl sites for hydroxylation is 1. The van der Waals surface area contributed by atoms with Gasteiger partial charge in [-0.2, -0.15) is 0 Å². The van der Waals surface area contributed by atoms with Crippen LogP contribution in [0.15, 0.2) is 48.8 Å². The average Bonchev–Trinajstić information content (AvgIpc) is 2.40. The number of nitrogens with two attached hydrogens (primary N) is 1. The Hall–Kier alpha value is -2.36. The van der Waals surface area contributed by atoms with E-state index in [4.69, 9.17) is 5.73 Å². The lowest BCUT2D eigenvalue weighted by Crippen LogP contribution is -2.13. The standard InChI is InChI=1S/C14H15N3O/c15-12-10-16-9-8-13(12)17-14(18)7-6-11-4-2-1-3-5-11/h1-5,8-10H,6-7,15H2,(H,16,17,18). The van der Waals surface area contributed by atoms with Crippen LogP contribution in [0.1, 0.15) is 12.0 Å². The number of nitrogen functional groups attached to an aromatic ring is 1. The molecule has 0 unspecified atom stereocenters. The Morgan fingerprint density at radius 1 is 1.22 bits per heavy atom. The zero-order chi connectivity index (χ0) is 12.8. The third-order valence-electron chi connectivity index (χ3n) is 2.61.